The number of aliphatic hydroxyl groups is 2. The number of hydrogen-bond donors (Lipinski definition) is 2. The van der Waals surface area contributed by atoms with E-state index in [-0.39, 0.29) is 24.7 Å². The fourth-order valence-corrected chi connectivity index (χ4v) is 3.82. The summed E-state index contributed by atoms with van der Waals surface area (Å²) in [5.41, 5.74) is 0.732. The number of carbonyl (C=O) groups excluding carboxylic acids is 2. The molecule has 214 valence electrons. The number of ether oxygens (including phenoxy) is 4. The Hall–Kier alpha value is -3.88. The molecule has 8 nitrogen and oxygen atoms in total. The summed E-state index contributed by atoms with van der Waals surface area (Å²) in [5.74, 6) is 0.761. The third-order valence-corrected chi connectivity index (χ3v) is 6.05. The molecule has 0 heterocycles. The van der Waals surface area contributed by atoms with Gasteiger partial charge in [-0.1, -0.05) is 18.9 Å². The number of hydrogen-bond acceptors (Lipinski definition) is 8. The first-order valence-electron chi connectivity index (χ1n) is 13.8. The van der Waals surface area contributed by atoms with Gasteiger partial charge in [-0.2, -0.15) is 0 Å². The van der Waals surface area contributed by atoms with Gasteiger partial charge in [-0.15, -0.1) is 0 Å². The summed E-state index contributed by atoms with van der Waals surface area (Å²) in [6.07, 6.45) is 7.35. The van der Waals surface area contributed by atoms with Gasteiger partial charge in [0.05, 0.1) is 24.3 Å². The minimum atomic E-state index is -0.539. The lowest BCUT2D eigenvalue weighted by molar-refractivity contribution is 0.0733. The van der Waals surface area contributed by atoms with Gasteiger partial charge in [0.2, 0.25) is 0 Å². The van der Waals surface area contributed by atoms with Gasteiger partial charge >= 0.3 is 11.9 Å². The summed E-state index contributed by atoms with van der Waals surface area (Å²) in [6.45, 7) is 1.58. The molecule has 0 radical (unpaired) electrons. The average molecular weight is 551 g/mol. The van der Waals surface area contributed by atoms with E-state index >= 15 is 0 Å². The minimum absolute atomic E-state index is 0.216. The smallest absolute Gasteiger partial charge is 0.343 e. The van der Waals surface area contributed by atoms with Crippen molar-refractivity contribution in [1.29, 1.82) is 0 Å². The first-order chi connectivity index (χ1) is 19.6. The van der Waals surface area contributed by atoms with Crippen LogP contribution in [0.4, 0.5) is 0 Å². The van der Waals surface area contributed by atoms with Crippen molar-refractivity contribution in [2.45, 2.75) is 51.4 Å². The topological polar surface area (TPSA) is 112 Å². The van der Waals surface area contributed by atoms with Gasteiger partial charge in [-0.25, -0.2) is 9.59 Å². The zero-order chi connectivity index (χ0) is 28.4. The van der Waals surface area contributed by atoms with Crippen LogP contribution in [0.1, 0.15) is 72.1 Å². The highest BCUT2D eigenvalue weighted by Crippen LogP contribution is 2.23. The lowest BCUT2D eigenvalue weighted by Crippen LogP contribution is -2.10. The van der Waals surface area contributed by atoms with E-state index in [9.17, 15) is 9.59 Å². The largest absolute Gasteiger partial charge is 0.494 e. The van der Waals surface area contributed by atoms with E-state index in [2.05, 4.69) is 0 Å². The second-order valence-corrected chi connectivity index (χ2v) is 9.28. The number of benzene rings is 3. The van der Waals surface area contributed by atoms with Crippen LogP contribution in [0.15, 0.2) is 72.8 Å². The van der Waals surface area contributed by atoms with E-state index in [1.807, 2.05) is 0 Å². The van der Waals surface area contributed by atoms with Crippen LogP contribution in [0.5, 0.6) is 23.0 Å². The molecular weight excluding hydrogens is 512 g/mol. The Morgan fingerprint density at radius 1 is 0.500 bits per heavy atom. The zero-order valence-electron chi connectivity index (χ0n) is 22.8. The maximum absolute atomic E-state index is 12.6. The van der Waals surface area contributed by atoms with Gasteiger partial charge in [0.15, 0.2) is 0 Å². The molecule has 3 rings (SSSR count). The van der Waals surface area contributed by atoms with Crippen LogP contribution < -0.4 is 18.9 Å². The average Bonchev–Trinajstić information content (AvgIpc) is 2.97. The second-order valence-electron chi connectivity index (χ2n) is 9.28. The standard InChI is InChI=1S/C32H38O8/c33-20-5-1-3-7-22-37-27-16-12-25(13-17-27)31(35)39-29-10-9-11-30(24-29)40-32(36)26-14-18-28(19-15-26)38-23-8-4-2-6-21-34/h9-19,24,33-34H,1-8,20-23H2. The Kier molecular flexibility index (Phi) is 13.5. The van der Waals surface area contributed by atoms with Crippen molar-refractivity contribution in [3.63, 3.8) is 0 Å². The molecule has 3 aromatic rings. The predicted octanol–water partition coefficient (Wildman–Crippen LogP) is 5.99. The molecule has 0 amide bonds. The Bertz CT molecular complexity index is 1070. The predicted molar refractivity (Wildman–Crippen MR) is 151 cm³/mol. The van der Waals surface area contributed by atoms with Crippen molar-refractivity contribution in [2.24, 2.45) is 0 Å². The molecule has 0 fully saturated rings. The fourth-order valence-electron chi connectivity index (χ4n) is 3.82. The van der Waals surface area contributed by atoms with Crippen LogP contribution in [0, 0.1) is 0 Å². The van der Waals surface area contributed by atoms with Gasteiger partial charge in [-0.05, 0) is 99.2 Å². The van der Waals surface area contributed by atoms with E-state index in [0.29, 0.717) is 35.8 Å². The molecule has 8 heteroatoms. The highest BCUT2D eigenvalue weighted by atomic mass is 16.5. The van der Waals surface area contributed by atoms with Crippen molar-refractivity contribution in [3.8, 4) is 23.0 Å². The highest BCUT2D eigenvalue weighted by molar-refractivity contribution is 5.92. The van der Waals surface area contributed by atoms with Crippen LogP contribution in [-0.2, 0) is 0 Å². The quantitative estimate of drug-likeness (QED) is 0.113. The summed E-state index contributed by atoms with van der Waals surface area (Å²) < 4.78 is 22.3. The maximum atomic E-state index is 12.6. The Morgan fingerprint density at radius 3 is 1.30 bits per heavy atom. The first-order valence-corrected chi connectivity index (χ1v) is 13.8. The van der Waals surface area contributed by atoms with Gasteiger partial charge < -0.3 is 29.2 Å². The van der Waals surface area contributed by atoms with Crippen molar-refractivity contribution in [1.82, 2.24) is 0 Å². The lowest BCUT2D eigenvalue weighted by Gasteiger charge is -2.09. The van der Waals surface area contributed by atoms with Crippen LogP contribution in [0.25, 0.3) is 0 Å². The third-order valence-electron chi connectivity index (χ3n) is 6.05. The number of esters is 2. The lowest BCUT2D eigenvalue weighted by atomic mass is 10.2. The van der Waals surface area contributed by atoms with Crippen LogP contribution >= 0.6 is 0 Å². The van der Waals surface area contributed by atoms with E-state index in [4.69, 9.17) is 29.2 Å². The minimum Gasteiger partial charge on any atom is -0.494 e. The summed E-state index contributed by atoms with van der Waals surface area (Å²) >= 11 is 0. The normalized spacial score (nSPS) is 10.7. The Morgan fingerprint density at radius 2 is 0.900 bits per heavy atom. The summed E-state index contributed by atoms with van der Waals surface area (Å²) in [6, 6.07) is 19.8. The van der Waals surface area contributed by atoms with Gasteiger partial charge in [0.25, 0.3) is 0 Å². The van der Waals surface area contributed by atoms with Crippen molar-refractivity contribution < 1.29 is 38.7 Å². The van der Waals surface area contributed by atoms with Gasteiger partial charge in [0.1, 0.15) is 23.0 Å². The maximum Gasteiger partial charge on any atom is 0.343 e. The van der Waals surface area contributed by atoms with E-state index in [1.54, 1.807) is 66.7 Å². The van der Waals surface area contributed by atoms with E-state index in [0.717, 1.165) is 51.4 Å². The molecule has 0 aliphatic rings. The molecule has 0 saturated heterocycles. The molecular formula is C32H38O8. The molecule has 0 atom stereocenters. The number of rotatable bonds is 18. The Labute approximate surface area is 235 Å². The van der Waals surface area contributed by atoms with Gasteiger partial charge in [0, 0.05) is 19.3 Å². The van der Waals surface area contributed by atoms with Crippen LogP contribution in [0.2, 0.25) is 0 Å². The summed E-state index contributed by atoms with van der Waals surface area (Å²) in [5, 5.41) is 17.6. The van der Waals surface area contributed by atoms with E-state index in [1.165, 1.54) is 6.07 Å². The van der Waals surface area contributed by atoms with Crippen LogP contribution in [-0.4, -0.2) is 48.6 Å². The second kappa shape index (κ2) is 17.7. The number of unbranched alkanes of at least 4 members (excludes halogenated alkanes) is 6. The van der Waals surface area contributed by atoms with Crippen molar-refractivity contribution in [2.75, 3.05) is 26.4 Å². The molecule has 0 bridgehead atoms. The highest BCUT2D eigenvalue weighted by Gasteiger charge is 2.12. The van der Waals surface area contributed by atoms with Gasteiger partial charge in [-0.3, -0.25) is 0 Å². The molecule has 3 aromatic carbocycles. The summed E-state index contributed by atoms with van der Waals surface area (Å²) in [7, 11) is 0. The van der Waals surface area contributed by atoms with Crippen molar-refractivity contribution in [3.05, 3.63) is 83.9 Å². The number of aliphatic hydroxyl groups excluding tert-OH is 2. The van der Waals surface area contributed by atoms with Crippen molar-refractivity contribution >= 4 is 11.9 Å². The zero-order valence-corrected chi connectivity index (χ0v) is 22.8. The fraction of sp³-hybridized carbons (Fsp3) is 0.375. The molecule has 0 unspecified atom stereocenters. The molecule has 0 aromatic heterocycles. The monoisotopic (exact) mass is 550 g/mol. The molecule has 2 N–H and O–H groups in total. The summed E-state index contributed by atoms with van der Waals surface area (Å²) in [4.78, 5) is 25.2. The molecule has 0 aliphatic carbocycles. The molecule has 0 aliphatic heterocycles. The Balaban J connectivity index is 1.44. The third kappa shape index (κ3) is 11.1. The molecule has 40 heavy (non-hydrogen) atoms. The SMILES string of the molecule is O=C(Oc1cccc(OC(=O)c2ccc(OCCCCCCO)cc2)c1)c1ccc(OCCCCCCO)cc1. The van der Waals surface area contributed by atoms with E-state index < -0.39 is 11.9 Å². The number of carbonyl (C=O) groups is 2. The molecule has 0 saturated carbocycles. The van der Waals surface area contributed by atoms with Crippen LogP contribution in [0.3, 0.4) is 0 Å². The first kappa shape index (κ1) is 30.7. The molecule has 0 spiro atoms.